The zero-order valence-electron chi connectivity index (χ0n) is 34.0. The predicted molar refractivity (Wildman–Crippen MR) is 260 cm³/mol. The molecule has 1 heterocycles. The van der Waals surface area contributed by atoms with Crippen LogP contribution in [-0.4, -0.2) is 7.11 Å². The van der Waals surface area contributed by atoms with Crippen molar-refractivity contribution in [3.63, 3.8) is 0 Å². The standard InChI is InChI=1S/C59H39NO2/c1-61-43-32-30-42(31-33-43)60-52-34-28-40(58-48-24-12-8-20-44(48)56(38-16-4-2-5-17-38)45-21-9-13-25-49(45)58)36-54(52)62-55-37-41(29-35-53(55)60)59-50-26-14-10-22-46(50)57(39-18-6-3-7-19-39)47-23-11-15-27-51(47)59/h2-37H,1H3. The van der Waals surface area contributed by atoms with Gasteiger partial charge in [-0.3, -0.25) is 0 Å². The van der Waals surface area contributed by atoms with Gasteiger partial charge in [0.25, 0.3) is 0 Å². The Morgan fingerprint density at radius 2 is 0.645 bits per heavy atom. The minimum absolute atomic E-state index is 0.789. The van der Waals surface area contributed by atoms with E-state index in [0.717, 1.165) is 45.4 Å². The van der Waals surface area contributed by atoms with Crippen molar-refractivity contribution >= 4 is 60.2 Å². The van der Waals surface area contributed by atoms with Crippen LogP contribution in [0.2, 0.25) is 0 Å². The van der Waals surface area contributed by atoms with Crippen molar-refractivity contribution in [1.29, 1.82) is 0 Å². The fraction of sp³-hybridized carbons (Fsp3) is 0.0169. The summed E-state index contributed by atoms with van der Waals surface area (Å²) in [6.07, 6.45) is 0. The van der Waals surface area contributed by atoms with Crippen LogP contribution in [0.15, 0.2) is 218 Å². The van der Waals surface area contributed by atoms with E-state index in [4.69, 9.17) is 9.47 Å². The molecular formula is C59H39NO2. The molecule has 1 aliphatic rings. The number of benzene rings is 11. The third-order valence-electron chi connectivity index (χ3n) is 12.5. The van der Waals surface area contributed by atoms with E-state index >= 15 is 0 Å². The first-order valence-electron chi connectivity index (χ1n) is 21.1. The van der Waals surface area contributed by atoms with Gasteiger partial charge in [0.15, 0.2) is 11.5 Å². The molecule has 3 nitrogen and oxygen atoms in total. The fourth-order valence-electron chi connectivity index (χ4n) is 9.84. The average Bonchev–Trinajstić information content (AvgIpc) is 3.34. The van der Waals surface area contributed by atoms with Gasteiger partial charge in [-0.15, -0.1) is 0 Å². The Morgan fingerprint density at radius 1 is 0.323 bits per heavy atom. The molecule has 0 atom stereocenters. The highest BCUT2D eigenvalue weighted by Gasteiger charge is 2.29. The zero-order chi connectivity index (χ0) is 41.1. The second-order valence-corrected chi connectivity index (χ2v) is 15.9. The largest absolute Gasteiger partial charge is 0.497 e. The molecule has 11 aromatic carbocycles. The summed E-state index contributed by atoms with van der Waals surface area (Å²) in [5.41, 5.74) is 12.4. The summed E-state index contributed by atoms with van der Waals surface area (Å²) in [5, 5.41) is 9.69. The summed E-state index contributed by atoms with van der Waals surface area (Å²) >= 11 is 0. The lowest BCUT2D eigenvalue weighted by atomic mass is 9.85. The predicted octanol–water partition coefficient (Wildman–Crippen LogP) is 16.6. The lowest BCUT2D eigenvalue weighted by Gasteiger charge is -2.33. The van der Waals surface area contributed by atoms with Crippen molar-refractivity contribution in [3.05, 3.63) is 218 Å². The Bertz CT molecular complexity index is 3200. The van der Waals surface area contributed by atoms with Crippen LogP contribution in [-0.2, 0) is 0 Å². The number of fused-ring (bicyclic) bond motifs is 6. The molecule has 0 aromatic heterocycles. The number of ether oxygens (including phenoxy) is 2. The van der Waals surface area contributed by atoms with Crippen LogP contribution in [0.4, 0.5) is 17.1 Å². The molecular weight excluding hydrogens is 755 g/mol. The van der Waals surface area contributed by atoms with Crippen LogP contribution in [0, 0.1) is 0 Å². The Kier molecular flexibility index (Phi) is 8.39. The topological polar surface area (TPSA) is 21.7 Å². The summed E-state index contributed by atoms with van der Waals surface area (Å²) in [6.45, 7) is 0. The van der Waals surface area contributed by atoms with Gasteiger partial charge in [0, 0.05) is 5.69 Å². The SMILES string of the molecule is COc1ccc(N2c3ccc(-c4c5ccccc5c(-c5ccccc5)c5ccccc45)cc3Oc3cc(-c4c5ccccc5c(-c5ccccc5)c5ccccc45)ccc32)cc1. The van der Waals surface area contributed by atoms with Crippen LogP contribution < -0.4 is 14.4 Å². The summed E-state index contributed by atoms with van der Waals surface area (Å²) in [6, 6.07) is 78.4. The van der Waals surface area contributed by atoms with E-state index in [0.29, 0.717) is 0 Å². The van der Waals surface area contributed by atoms with E-state index in [9.17, 15) is 0 Å². The van der Waals surface area contributed by atoms with Crippen molar-refractivity contribution in [2.75, 3.05) is 12.0 Å². The number of hydrogen-bond acceptors (Lipinski definition) is 3. The number of nitrogens with zero attached hydrogens (tertiary/aromatic N) is 1. The lowest BCUT2D eigenvalue weighted by molar-refractivity contribution is 0.415. The van der Waals surface area contributed by atoms with Crippen molar-refractivity contribution in [2.24, 2.45) is 0 Å². The fourth-order valence-corrected chi connectivity index (χ4v) is 9.84. The van der Waals surface area contributed by atoms with Crippen molar-refractivity contribution in [3.8, 4) is 61.8 Å². The molecule has 0 radical (unpaired) electrons. The molecule has 0 amide bonds. The maximum atomic E-state index is 7.17. The summed E-state index contributed by atoms with van der Waals surface area (Å²) in [7, 11) is 1.71. The van der Waals surface area contributed by atoms with Crippen molar-refractivity contribution in [2.45, 2.75) is 0 Å². The van der Waals surface area contributed by atoms with E-state index in [-0.39, 0.29) is 0 Å². The van der Waals surface area contributed by atoms with Gasteiger partial charge >= 0.3 is 0 Å². The molecule has 0 saturated heterocycles. The van der Waals surface area contributed by atoms with E-state index in [1.54, 1.807) is 7.11 Å². The van der Waals surface area contributed by atoms with Gasteiger partial charge in [0.05, 0.1) is 18.5 Å². The van der Waals surface area contributed by atoms with Crippen LogP contribution in [0.5, 0.6) is 17.2 Å². The van der Waals surface area contributed by atoms with Crippen LogP contribution >= 0.6 is 0 Å². The quantitative estimate of drug-likeness (QED) is 0.157. The lowest BCUT2D eigenvalue weighted by Crippen LogP contribution is -2.16. The smallest absolute Gasteiger partial charge is 0.152 e. The third kappa shape index (κ3) is 5.67. The van der Waals surface area contributed by atoms with Crippen molar-refractivity contribution in [1.82, 2.24) is 0 Å². The molecule has 0 unspecified atom stereocenters. The normalized spacial score (nSPS) is 12.0. The van der Waals surface area contributed by atoms with Gasteiger partial charge < -0.3 is 14.4 Å². The van der Waals surface area contributed by atoms with E-state index in [1.807, 2.05) is 12.1 Å². The number of anilines is 3. The molecule has 1 aliphatic heterocycles. The van der Waals surface area contributed by atoms with Gasteiger partial charge in [-0.05, 0) is 136 Å². The maximum Gasteiger partial charge on any atom is 0.152 e. The number of hydrogen-bond donors (Lipinski definition) is 0. The Hall–Kier alpha value is -8.14. The van der Waals surface area contributed by atoms with Crippen LogP contribution in [0.3, 0.4) is 0 Å². The van der Waals surface area contributed by atoms with E-state index in [1.165, 1.54) is 76.5 Å². The van der Waals surface area contributed by atoms with E-state index in [2.05, 4.69) is 211 Å². The Labute approximate surface area is 360 Å². The van der Waals surface area contributed by atoms with Gasteiger partial charge in [0.1, 0.15) is 5.75 Å². The average molecular weight is 794 g/mol. The molecule has 62 heavy (non-hydrogen) atoms. The number of rotatable bonds is 6. The molecule has 3 heteroatoms. The Morgan fingerprint density at radius 3 is 0.984 bits per heavy atom. The zero-order valence-corrected chi connectivity index (χ0v) is 34.0. The second-order valence-electron chi connectivity index (χ2n) is 15.9. The first-order valence-corrected chi connectivity index (χ1v) is 21.1. The first-order chi connectivity index (χ1) is 30.7. The number of methoxy groups -OCH3 is 1. The van der Waals surface area contributed by atoms with Crippen LogP contribution in [0.25, 0.3) is 87.6 Å². The molecule has 12 rings (SSSR count). The molecule has 0 spiro atoms. The molecule has 0 fully saturated rings. The first kappa shape index (κ1) is 35.8. The molecule has 0 bridgehead atoms. The summed E-state index contributed by atoms with van der Waals surface area (Å²) < 4.78 is 12.8. The minimum Gasteiger partial charge on any atom is -0.497 e. The second kappa shape index (κ2) is 14.5. The van der Waals surface area contributed by atoms with E-state index < -0.39 is 0 Å². The van der Waals surface area contributed by atoms with Crippen molar-refractivity contribution < 1.29 is 9.47 Å². The molecule has 0 aliphatic carbocycles. The molecule has 11 aromatic rings. The highest BCUT2D eigenvalue weighted by molar-refractivity contribution is 6.23. The van der Waals surface area contributed by atoms with Gasteiger partial charge in [-0.2, -0.15) is 0 Å². The monoisotopic (exact) mass is 793 g/mol. The highest BCUT2D eigenvalue weighted by atomic mass is 16.5. The Balaban J connectivity index is 1.07. The third-order valence-corrected chi connectivity index (χ3v) is 12.5. The maximum absolute atomic E-state index is 7.17. The van der Waals surface area contributed by atoms with Gasteiger partial charge in [-0.1, -0.05) is 170 Å². The molecule has 0 N–H and O–H groups in total. The van der Waals surface area contributed by atoms with Gasteiger partial charge in [0.2, 0.25) is 0 Å². The van der Waals surface area contributed by atoms with Crippen LogP contribution in [0.1, 0.15) is 0 Å². The van der Waals surface area contributed by atoms with Gasteiger partial charge in [-0.25, -0.2) is 0 Å². The minimum atomic E-state index is 0.789. The summed E-state index contributed by atoms with van der Waals surface area (Å²) in [5.74, 6) is 2.39. The molecule has 292 valence electrons. The summed E-state index contributed by atoms with van der Waals surface area (Å²) in [4.78, 5) is 2.31. The molecule has 0 saturated carbocycles. The highest BCUT2D eigenvalue weighted by Crippen LogP contribution is 2.54.